The van der Waals surface area contributed by atoms with Gasteiger partial charge in [-0.15, -0.1) is 0 Å². The van der Waals surface area contributed by atoms with Crippen LogP contribution in [0.3, 0.4) is 0 Å². The molecule has 2 N–H and O–H groups in total. The molecule has 122 valence electrons. The zero-order valence-electron chi connectivity index (χ0n) is 13.6. The number of hydrogen-bond acceptors (Lipinski definition) is 4. The first-order valence-corrected chi connectivity index (χ1v) is 7.32. The topological polar surface area (TPSA) is 67.8 Å². The summed E-state index contributed by atoms with van der Waals surface area (Å²) in [5, 5.41) is 11.7. The third kappa shape index (κ3) is 7.13. The van der Waals surface area contributed by atoms with Crippen LogP contribution in [0.5, 0.6) is 5.75 Å². The summed E-state index contributed by atoms with van der Waals surface area (Å²) in [5.41, 5.74) is 0.378. The van der Waals surface area contributed by atoms with Crippen molar-refractivity contribution in [2.24, 2.45) is 0 Å². The van der Waals surface area contributed by atoms with Crippen LogP contribution in [0.4, 0.5) is 4.79 Å². The molecule has 1 amide bonds. The predicted molar refractivity (Wildman–Crippen MR) is 86.9 cm³/mol. The molecule has 1 atom stereocenters. The molecule has 0 heterocycles. The van der Waals surface area contributed by atoms with Crippen LogP contribution in [-0.4, -0.2) is 36.1 Å². The maximum Gasteiger partial charge on any atom is 0.407 e. The Labute approximate surface area is 131 Å². The molecule has 0 fully saturated rings. The lowest BCUT2D eigenvalue weighted by molar-refractivity contribution is 0.0534. The van der Waals surface area contributed by atoms with Crippen LogP contribution in [-0.2, 0) is 4.74 Å². The van der Waals surface area contributed by atoms with Gasteiger partial charge in [0.05, 0.1) is 6.61 Å². The van der Waals surface area contributed by atoms with Crippen LogP contribution in [0.25, 0.3) is 6.08 Å². The Kier molecular flexibility index (Phi) is 6.92. The average Bonchev–Trinajstić information content (AvgIpc) is 2.43. The van der Waals surface area contributed by atoms with Crippen LogP contribution >= 0.6 is 0 Å². The monoisotopic (exact) mass is 307 g/mol. The van der Waals surface area contributed by atoms with Gasteiger partial charge in [-0.25, -0.2) is 4.79 Å². The number of ether oxygens (including phenoxy) is 2. The smallest absolute Gasteiger partial charge is 0.407 e. The minimum Gasteiger partial charge on any atom is -0.488 e. The number of para-hydroxylation sites is 1. The number of aliphatic hydroxyl groups is 1. The Bertz CT molecular complexity index is 506. The fraction of sp³-hybridized carbons (Fsp3) is 0.471. The Morgan fingerprint density at radius 1 is 1.36 bits per heavy atom. The van der Waals surface area contributed by atoms with Gasteiger partial charge in [-0.2, -0.15) is 0 Å². The van der Waals surface area contributed by atoms with Gasteiger partial charge < -0.3 is 19.9 Å². The van der Waals surface area contributed by atoms with Crippen molar-refractivity contribution in [3.8, 4) is 5.75 Å². The lowest BCUT2D eigenvalue weighted by Gasteiger charge is -2.19. The van der Waals surface area contributed by atoms with Crippen LogP contribution in [0, 0.1) is 0 Å². The van der Waals surface area contributed by atoms with Crippen LogP contribution in [0.1, 0.15) is 33.3 Å². The first kappa shape index (κ1) is 18.0. The molecule has 0 spiro atoms. The van der Waals surface area contributed by atoms with Crippen molar-refractivity contribution in [1.29, 1.82) is 0 Å². The number of amides is 1. The summed E-state index contributed by atoms with van der Waals surface area (Å²) in [5.74, 6) is 0.692. The molecule has 0 bridgehead atoms. The van der Waals surface area contributed by atoms with Crippen molar-refractivity contribution in [2.45, 2.75) is 39.4 Å². The van der Waals surface area contributed by atoms with Crippen molar-refractivity contribution in [1.82, 2.24) is 5.32 Å². The molecule has 0 aliphatic carbocycles. The van der Waals surface area contributed by atoms with E-state index < -0.39 is 11.7 Å². The summed E-state index contributed by atoms with van der Waals surface area (Å²) in [6.07, 6.45) is 2.96. The molecule has 0 radical (unpaired) electrons. The minimum atomic E-state index is -0.505. The predicted octanol–water partition coefficient (Wildman–Crippen LogP) is 2.98. The van der Waals surface area contributed by atoms with Crippen molar-refractivity contribution in [3.63, 3.8) is 0 Å². The maximum absolute atomic E-state index is 11.5. The highest BCUT2D eigenvalue weighted by atomic mass is 16.6. The van der Waals surface area contributed by atoms with Gasteiger partial charge in [0.25, 0.3) is 0 Å². The molecule has 1 aromatic rings. The van der Waals surface area contributed by atoms with Crippen LogP contribution in [0.15, 0.2) is 30.3 Å². The van der Waals surface area contributed by atoms with E-state index in [1.54, 1.807) is 6.92 Å². The van der Waals surface area contributed by atoms with E-state index >= 15 is 0 Å². The van der Waals surface area contributed by atoms with E-state index in [1.165, 1.54) is 0 Å². The number of carbonyl (C=O) groups is 1. The van der Waals surface area contributed by atoms with Gasteiger partial charge >= 0.3 is 6.09 Å². The van der Waals surface area contributed by atoms with Gasteiger partial charge in [0.1, 0.15) is 17.5 Å². The summed E-state index contributed by atoms with van der Waals surface area (Å²) in [6.45, 7) is 7.57. The normalized spacial score (nSPS) is 13.0. The molecule has 0 saturated carbocycles. The summed E-state index contributed by atoms with van der Waals surface area (Å²) in [4.78, 5) is 11.5. The van der Waals surface area contributed by atoms with Crippen molar-refractivity contribution < 1.29 is 19.4 Å². The average molecular weight is 307 g/mol. The number of benzene rings is 1. The molecule has 0 unspecified atom stereocenters. The third-order valence-corrected chi connectivity index (χ3v) is 2.56. The first-order valence-electron chi connectivity index (χ1n) is 7.32. The quantitative estimate of drug-likeness (QED) is 0.848. The number of aliphatic hydroxyl groups excluding tert-OH is 1. The lowest BCUT2D eigenvalue weighted by Crippen LogP contribution is -2.32. The van der Waals surface area contributed by atoms with E-state index in [0.717, 1.165) is 5.56 Å². The second kappa shape index (κ2) is 8.44. The van der Waals surface area contributed by atoms with E-state index in [-0.39, 0.29) is 12.7 Å². The number of hydrogen-bond donors (Lipinski definition) is 2. The van der Waals surface area contributed by atoms with Gasteiger partial charge in [-0.1, -0.05) is 30.4 Å². The minimum absolute atomic E-state index is 0.0434. The molecule has 22 heavy (non-hydrogen) atoms. The van der Waals surface area contributed by atoms with Gasteiger partial charge in [-0.05, 0) is 33.8 Å². The highest BCUT2D eigenvalue weighted by Gasteiger charge is 2.15. The van der Waals surface area contributed by atoms with Crippen molar-refractivity contribution in [3.05, 3.63) is 35.9 Å². The molecule has 1 rings (SSSR count). The largest absolute Gasteiger partial charge is 0.488 e. The Morgan fingerprint density at radius 2 is 2.05 bits per heavy atom. The second-order valence-corrected chi connectivity index (χ2v) is 5.93. The van der Waals surface area contributed by atoms with Gasteiger partial charge in [0.15, 0.2) is 0 Å². The number of nitrogens with one attached hydrogen (secondary N) is 1. The molecular weight excluding hydrogens is 282 g/mol. The van der Waals surface area contributed by atoms with Gasteiger partial charge in [0, 0.05) is 12.1 Å². The summed E-state index contributed by atoms with van der Waals surface area (Å²) < 4.78 is 10.8. The number of carbonyl (C=O) groups excluding carboxylic acids is 1. The fourth-order valence-electron chi connectivity index (χ4n) is 1.62. The maximum atomic E-state index is 11.5. The van der Waals surface area contributed by atoms with Crippen molar-refractivity contribution in [2.75, 3.05) is 13.2 Å². The molecule has 5 nitrogen and oxygen atoms in total. The van der Waals surface area contributed by atoms with E-state index in [1.807, 2.05) is 57.2 Å². The van der Waals surface area contributed by atoms with Crippen LogP contribution in [0.2, 0.25) is 0 Å². The van der Waals surface area contributed by atoms with Crippen molar-refractivity contribution >= 4 is 12.2 Å². The molecule has 0 aromatic heterocycles. The molecule has 0 saturated heterocycles. The van der Waals surface area contributed by atoms with Gasteiger partial charge in [0.2, 0.25) is 0 Å². The lowest BCUT2D eigenvalue weighted by atomic mass is 10.2. The molecule has 0 aliphatic rings. The van der Waals surface area contributed by atoms with Crippen LogP contribution < -0.4 is 10.1 Å². The van der Waals surface area contributed by atoms with Gasteiger partial charge in [-0.3, -0.25) is 0 Å². The zero-order chi connectivity index (χ0) is 16.6. The Morgan fingerprint density at radius 3 is 2.68 bits per heavy atom. The Hall–Kier alpha value is -2.01. The molecule has 1 aromatic carbocycles. The highest BCUT2D eigenvalue weighted by Crippen LogP contribution is 2.20. The first-order chi connectivity index (χ1) is 10.3. The SMILES string of the molecule is C[C@@H](CO)Oc1ccccc1/C=C/CNC(=O)OC(C)(C)C. The number of rotatable bonds is 6. The fourth-order valence-corrected chi connectivity index (χ4v) is 1.62. The third-order valence-electron chi connectivity index (χ3n) is 2.56. The van der Waals surface area contributed by atoms with E-state index in [9.17, 15) is 4.79 Å². The standard InChI is InChI=1S/C17H25NO4/c1-13(12-19)21-15-10-6-5-8-14(15)9-7-11-18-16(20)22-17(2,3)4/h5-10,13,19H,11-12H2,1-4H3,(H,18,20)/b9-7+/t13-/m0/s1. The Balaban J connectivity index is 2.54. The second-order valence-electron chi connectivity index (χ2n) is 5.93. The van der Waals surface area contributed by atoms with E-state index in [0.29, 0.717) is 12.3 Å². The highest BCUT2D eigenvalue weighted by molar-refractivity contribution is 5.68. The molecular formula is C17H25NO4. The summed E-state index contributed by atoms with van der Waals surface area (Å²) in [7, 11) is 0. The van der Waals surface area contributed by atoms with E-state index in [4.69, 9.17) is 14.6 Å². The summed E-state index contributed by atoms with van der Waals surface area (Å²) >= 11 is 0. The summed E-state index contributed by atoms with van der Waals surface area (Å²) in [6, 6.07) is 7.52. The van der Waals surface area contributed by atoms with E-state index in [2.05, 4.69) is 5.32 Å². The number of alkyl carbamates (subject to hydrolysis) is 1. The molecule has 0 aliphatic heterocycles. The molecule has 5 heteroatoms. The zero-order valence-corrected chi connectivity index (χ0v) is 13.6.